The van der Waals surface area contributed by atoms with Gasteiger partial charge in [0.05, 0.1) is 13.7 Å². The Morgan fingerprint density at radius 3 is 2.67 bits per heavy atom. The van der Waals surface area contributed by atoms with Crippen LogP contribution >= 0.6 is 0 Å². The van der Waals surface area contributed by atoms with Gasteiger partial charge in [-0.3, -0.25) is 0 Å². The Bertz CT molecular complexity index is 339. The Hall–Kier alpha value is -1.22. The number of para-hydroxylation sites is 1. The average molecular weight is 251 g/mol. The number of nitrogens with one attached hydrogen (secondary N) is 1. The van der Waals surface area contributed by atoms with Crippen molar-refractivity contribution in [1.82, 2.24) is 5.32 Å². The fraction of sp³-hybridized carbons (Fsp3) is 0.600. The van der Waals surface area contributed by atoms with Crippen LogP contribution in [0.25, 0.3) is 0 Å². The molecule has 0 fully saturated rings. The highest BCUT2D eigenvalue weighted by Crippen LogP contribution is 2.30. The van der Waals surface area contributed by atoms with Gasteiger partial charge in [-0.15, -0.1) is 0 Å². The molecule has 0 aromatic heterocycles. The molecule has 1 aromatic rings. The maximum atomic E-state index is 5.67. The largest absolute Gasteiger partial charge is 0.493 e. The zero-order valence-electron chi connectivity index (χ0n) is 11.8. The molecular formula is C15H25NO2. The van der Waals surface area contributed by atoms with E-state index in [2.05, 4.69) is 18.3 Å². The van der Waals surface area contributed by atoms with E-state index in [0.29, 0.717) is 6.61 Å². The molecule has 0 unspecified atom stereocenters. The lowest BCUT2D eigenvalue weighted by atomic mass is 10.1. The van der Waals surface area contributed by atoms with Gasteiger partial charge >= 0.3 is 0 Å². The maximum absolute atomic E-state index is 5.67. The summed E-state index contributed by atoms with van der Waals surface area (Å²) < 4.78 is 11.0. The summed E-state index contributed by atoms with van der Waals surface area (Å²) in [5, 5.41) is 3.45. The lowest BCUT2D eigenvalue weighted by Crippen LogP contribution is -2.15. The van der Waals surface area contributed by atoms with Gasteiger partial charge in [-0.1, -0.05) is 31.9 Å². The van der Waals surface area contributed by atoms with Crippen LogP contribution in [0, 0.1) is 0 Å². The second-order valence-corrected chi connectivity index (χ2v) is 4.27. The molecule has 18 heavy (non-hydrogen) atoms. The standard InChI is InChI=1S/C15H25NO2/c1-4-6-7-11-16-12-13-9-8-10-14(17-3)15(13)18-5-2/h8-10,16H,4-7,11-12H2,1-3H3. The molecule has 0 atom stereocenters. The number of hydrogen-bond donors (Lipinski definition) is 1. The van der Waals surface area contributed by atoms with Crippen LogP contribution in [0.5, 0.6) is 11.5 Å². The summed E-state index contributed by atoms with van der Waals surface area (Å²) in [5.41, 5.74) is 1.16. The molecule has 1 rings (SSSR count). The van der Waals surface area contributed by atoms with E-state index in [1.807, 2.05) is 19.1 Å². The molecule has 0 amide bonds. The van der Waals surface area contributed by atoms with Gasteiger partial charge in [-0.05, 0) is 26.0 Å². The summed E-state index contributed by atoms with van der Waals surface area (Å²) >= 11 is 0. The van der Waals surface area contributed by atoms with Crippen LogP contribution in [0.1, 0.15) is 38.7 Å². The molecule has 0 aliphatic rings. The van der Waals surface area contributed by atoms with E-state index in [4.69, 9.17) is 9.47 Å². The molecule has 3 heteroatoms. The van der Waals surface area contributed by atoms with Crippen LogP contribution in [-0.4, -0.2) is 20.3 Å². The van der Waals surface area contributed by atoms with Crippen molar-refractivity contribution in [3.63, 3.8) is 0 Å². The first-order valence-electron chi connectivity index (χ1n) is 6.82. The minimum Gasteiger partial charge on any atom is -0.493 e. The number of unbranched alkanes of at least 4 members (excludes halogenated alkanes) is 2. The van der Waals surface area contributed by atoms with Crippen molar-refractivity contribution in [2.24, 2.45) is 0 Å². The van der Waals surface area contributed by atoms with E-state index in [0.717, 1.165) is 30.2 Å². The quantitative estimate of drug-likeness (QED) is 0.683. The summed E-state index contributed by atoms with van der Waals surface area (Å²) in [6, 6.07) is 6.02. The number of methoxy groups -OCH3 is 1. The number of rotatable bonds is 9. The molecule has 102 valence electrons. The van der Waals surface area contributed by atoms with Crippen molar-refractivity contribution in [2.45, 2.75) is 39.7 Å². The third kappa shape index (κ3) is 4.57. The summed E-state index contributed by atoms with van der Waals surface area (Å²) in [6.07, 6.45) is 3.76. The van der Waals surface area contributed by atoms with Crippen LogP contribution in [0.3, 0.4) is 0 Å². The first-order chi connectivity index (χ1) is 8.83. The second-order valence-electron chi connectivity index (χ2n) is 4.27. The fourth-order valence-corrected chi connectivity index (χ4v) is 1.89. The molecule has 0 bridgehead atoms. The first kappa shape index (κ1) is 14.8. The fourth-order valence-electron chi connectivity index (χ4n) is 1.89. The maximum Gasteiger partial charge on any atom is 0.165 e. The van der Waals surface area contributed by atoms with Gasteiger partial charge in [0.2, 0.25) is 0 Å². The van der Waals surface area contributed by atoms with Gasteiger partial charge in [0.15, 0.2) is 11.5 Å². The SMILES string of the molecule is CCCCCNCc1cccc(OC)c1OCC. The molecule has 0 heterocycles. The monoisotopic (exact) mass is 251 g/mol. The Balaban J connectivity index is 2.57. The summed E-state index contributed by atoms with van der Waals surface area (Å²) in [5.74, 6) is 1.68. The predicted octanol–water partition coefficient (Wildman–Crippen LogP) is 3.37. The smallest absolute Gasteiger partial charge is 0.165 e. The number of benzene rings is 1. The highest BCUT2D eigenvalue weighted by molar-refractivity contribution is 5.46. The lowest BCUT2D eigenvalue weighted by Gasteiger charge is -2.14. The third-order valence-corrected chi connectivity index (χ3v) is 2.84. The van der Waals surface area contributed by atoms with Crippen LogP contribution < -0.4 is 14.8 Å². The van der Waals surface area contributed by atoms with Gasteiger partial charge in [-0.25, -0.2) is 0 Å². The van der Waals surface area contributed by atoms with Gasteiger partial charge in [-0.2, -0.15) is 0 Å². The van der Waals surface area contributed by atoms with Crippen molar-refractivity contribution in [3.05, 3.63) is 23.8 Å². The summed E-state index contributed by atoms with van der Waals surface area (Å²) in [7, 11) is 1.68. The Morgan fingerprint density at radius 1 is 1.17 bits per heavy atom. The topological polar surface area (TPSA) is 30.5 Å². The van der Waals surface area contributed by atoms with Crippen LogP contribution in [0.2, 0.25) is 0 Å². The van der Waals surface area contributed by atoms with Crippen LogP contribution in [0.4, 0.5) is 0 Å². The van der Waals surface area contributed by atoms with E-state index >= 15 is 0 Å². The zero-order chi connectivity index (χ0) is 13.2. The molecule has 0 saturated heterocycles. The van der Waals surface area contributed by atoms with Crippen LogP contribution in [-0.2, 0) is 6.54 Å². The van der Waals surface area contributed by atoms with Gasteiger partial charge < -0.3 is 14.8 Å². The molecule has 1 N–H and O–H groups in total. The Morgan fingerprint density at radius 2 is 2.00 bits per heavy atom. The van der Waals surface area contributed by atoms with Gasteiger partial charge in [0, 0.05) is 12.1 Å². The minimum absolute atomic E-state index is 0.656. The van der Waals surface area contributed by atoms with Crippen molar-refractivity contribution < 1.29 is 9.47 Å². The molecule has 0 saturated carbocycles. The molecule has 1 aromatic carbocycles. The average Bonchev–Trinajstić information content (AvgIpc) is 2.40. The minimum atomic E-state index is 0.656. The molecule has 3 nitrogen and oxygen atoms in total. The van der Waals surface area contributed by atoms with E-state index < -0.39 is 0 Å². The number of hydrogen-bond acceptors (Lipinski definition) is 3. The van der Waals surface area contributed by atoms with E-state index in [1.165, 1.54) is 19.3 Å². The third-order valence-electron chi connectivity index (χ3n) is 2.84. The summed E-state index contributed by atoms with van der Waals surface area (Å²) in [4.78, 5) is 0. The Labute approximate surface area is 110 Å². The van der Waals surface area contributed by atoms with Gasteiger partial charge in [0.1, 0.15) is 0 Å². The summed E-state index contributed by atoms with van der Waals surface area (Å²) in [6.45, 7) is 6.75. The molecule has 0 aliphatic carbocycles. The van der Waals surface area contributed by atoms with Crippen molar-refractivity contribution >= 4 is 0 Å². The molecule has 0 spiro atoms. The predicted molar refractivity (Wildman–Crippen MR) is 75.4 cm³/mol. The molecule has 0 radical (unpaired) electrons. The zero-order valence-corrected chi connectivity index (χ0v) is 11.8. The normalized spacial score (nSPS) is 10.4. The highest BCUT2D eigenvalue weighted by Gasteiger charge is 2.09. The molecule has 0 aliphatic heterocycles. The van der Waals surface area contributed by atoms with Crippen molar-refractivity contribution in [1.29, 1.82) is 0 Å². The van der Waals surface area contributed by atoms with Gasteiger partial charge in [0.25, 0.3) is 0 Å². The highest BCUT2D eigenvalue weighted by atomic mass is 16.5. The Kier molecular flexibility index (Phi) is 7.26. The van der Waals surface area contributed by atoms with Crippen molar-refractivity contribution in [3.8, 4) is 11.5 Å². The van der Waals surface area contributed by atoms with Crippen molar-refractivity contribution in [2.75, 3.05) is 20.3 Å². The lowest BCUT2D eigenvalue weighted by molar-refractivity contribution is 0.306. The van der Waals surface area contributed by atoms with E-state index in [9.17, 15) is 0 Å². The van der Waals surface area contributed by atoms with E-state index in [1.54, 1.807) is 7.11 Å². The van der Waals surface area contributed by atoms with Crippen LogP contribution in [0.15, 0.2) is 18.2 Å². The second kappa shape index (κ2) is 8.81. The van der Waals surface area contributed by atoms with E-state index in [-0.39, 0.29) is 0 Å². The molecular weight excluding hydrogens is 226 g/mol. The first-order valence-corrected chi connectivity index (χ1v) is 6.82. The number of ether oxygens (including phenoxy) is 2.